The van der Waals surface area contributed by atoms with Gasteiger partial charge in [0.25, 0.3) is 0 Å². The summed E-state index contributed by atoms with van der Waals surface area (Å²) < 4.78 is 12.3. The fraction of sp³-hybridized carbons (Fsp3) is 0.167. The molecule has 0 aliphatic heterocycles. The number of hydrogen-bond donors (Lipinski definition) is 0. The average Bonchev–Trinajstić information content (AvgIpc) is 2.55. The van der Waals surface area contributed by atoms with E-state index in [1.165, 1.54) is 0 Å². The highest BCUT2D eigenvalue weighted by Crippen LogP contribution is 2.25. The van der Waals surface area contributed by atoms with E-state index in [-0.39, 0.29) is 5.43 Å². The van der Waals surface area contributed by atoms with Gasteiger partial charge in [0.05, 0.1) is 9.81 Å². The third kappa shape index (κ3) is 2.88. The molecule has 0 N–H and O–H groups in total. The van der Waals surface area contributed by atoms with Crippen LogP contribution in [0.4, 0.5) is 0 Å². The molecule has 112 valence electrons. The largest absolute Gasteiger partial charge is 0.482 e. The van der Waals surface area contributed by atoms with Gasteiger partial charge in [-0.2, -0.15) is 0 Å². The molecule has 22 heavy (non-hydrogen) atoms. The van der Waals surface area contributed by atoms with Crippen molar-refractivity contribution in [2.75, 3.05) is 0 Å². The van der Waals surface area contributed by atoms with Crippen molar-refractivity contribution < 1.29 is 9.15 Å². The Morgan fingerprint density at radius 3 is 2.59 bits per heavy atom. The van der Waals surface area contributed by atoms with Crippen molar-refractivity contribution in [3.63, 3.8) is 0 Å². The highest BCUT2D eigenvalue weighted by molar-refractivity contribution is 14.1. The van der Waals surface area contributed by atoms with E-state index in [2.05, 4.69) is 22.6 Å². The smallest absolute Gasteiger partial charge is 0.234 e. The van der Waals surface area contributed by atoms with Crippen LogP contribution in [0.5, 0.6) is 5.75 Å². The molecule has 0 bridgehead atoms. The Morgan fingerprint density at radius 2 is 1.86 bits per heavy atom. The Labute approximate surface area is 142 Å². The lowest BCUT2D eigenvalue weighted by atomic mass is 10.1. The molecule has 0 aliphatic rings. The molecule has 3 aromatic rings. The SMILES string of the molecule is Cc1cccc2c(=O)c(OCc3ccccc3)c(CI)oc12. The molecule has 3 nitrogen and oxygen atoms in total. The Bertz CT molecular complexity index is 853. The second-order valence-electron chi connectivity index (χ2n) is 5.04. The van der Waals surface area contributed by atoms with Gasteiger partial charge < -0.3 is 9.15 Å². The number of rotatable bonds is 4. The Hall–Kier alpha value is -1.82. The Balaban J connectivity index is 2.05. The third-order valence-corrected chi connectivity index (χ3v) is 4.18. The lowest BCUT2D eigenvalue weighted by Crippen LogP contribution is -2.11. The van der Waals surface area contributed by atoms with Gasteiger partial charge in [-0.05, 0) is 24.1 Å². The van der Waals surface area contributed by atoms with Gasteiger partial charge in [-0.15, -0.1) is 0 Å². The lowest BCUT2D eigenvalue weighted by molar-refractivity contribution is 0.290. The Morgan fingerprint density at radius 1 is 1.09 bits per heavy atom. The van der Waals surface area contributed by atoms with Crippen molar-refractivity contribution in [3.05, 3.63) is 75.6 Å². The molecule has 0 atom stereocenters. The molecular weight excluding hydrogens is 391 g/mol. The van der Waals surface area contributed by atoms with E-state index in [0.29, 0.717) is 33.5 Å². The summed E-state index contributed by atoms with van der Waals surface area (Å²) in [4.78, 5) is 12.7. The predicted octanol–water partition coefficient (Wildman–Crippen LogP) is 4.62. The summed E-state index contributed by atoms with van der Waals surface area (Å²) in [6.45, 7) is 2.29. The Kier molecular flexibility index (Phi) is 4.47. The van der Waals surface area contributed by atoms with Crippen molar-refractivity contribution in [3.8, 4) is 5.75 Å². The first kappa shape index (κ1) is 15.1. The van der Waals surface area contributed by atoms with Crippen molar-refractivity contribution in [2.24, 2.45) is 0 Å². The van der Waals surface area contributed by atoms with Gasteiger partial charge in [-0.1, -0.05) is 65.1 Å². The van der Waals surface area contributed by atoms with Crippen molar-refractivity contribution in [2.45, 2.75) is 18.0 Å². The van der Waals surface area contributed by atoms with E-state index >= 15 is 0 Å². The molecule has 0 spiro atoms. The maximum absolute atomic E-state index is 12.7. The summed E-state index contributed by atoms with van der Waals surface area (Å²) in [5, 5.41) is 0.566. The van der Waals surface area contributed by atoms with Crippen molar-refractivity contribution in [1.29, 1.82) is 0 Å². The normalized spacial score (nSPS) is 10.8. The number of aryl methyl sites for hydroxylation is 1. The minimum atomic E-state index is -0.104. The first-order valence-corrected chi connectivity index (χ1v) is 8.51. The quantitative estimate of drug-likeness (QED) is 0.469. The van der Waals surface area contributed by atoms with Gasteiger partial charge in [-0.25, -0.2) is 0 Å². The van der Waals surface area contributed by atoms with Crippen LogP contribution in [-0.2, 0) is 11.0 Å². The highest BCUT2D eigenvalue weighted by atomic mass is 127. The van der Waals surface area contributed by atoms with E-state index in [1.807, 2.05) is 49.4 Å². The van der Waals surface area contributed by atoms with E-state index in [9.17, 15) is 4.79 Å². The molecule has 0 saturated heterocycles. The van der Waals surface area contributed by atoms with Crippen LogP contribution < -0.4 is 10.2 Å². The molecule has 0 unspecified atom stereocenters. The van der Waals surface area contributed by atoms with Crippen LogP contribution in [0, 0.1) is 6.92 Å². The molecule has 0 amide bonds. The molecular formula is C18H15IO3. The van der Waals surface area contributed by atoms with Gasteiger partial charge in [0, 0.05) is 0 Å². The van der Waals surface area contributed by atoms with E-state index in [0.717, 1.165) is 11.1 Å². The van der Waals surface area contributed by atoms with E-state index < -0.39 is 0 Å². The lowest BCUT2D eigenvalue weighted by Gasteiger charge is -2.11. The standard InChI is InChI=1S/C18H15IO3/c1-12-6-5-9-14-16(20)18(15(10-19)22-17(12)14)21-11-13-7-3-2-4-8-13/h2-9H,10-11H2,1H3. The molecule has 0 radical (unpaired) electrons. The fourth-order valence-electron chi connectivity index (χ4n) is 2.35. The number of hydrogen-bond acceptors (Lipinski definition) is 3. The van der Waals surface area contributed by atoms with E-state index in [4.69, 9.17) is 9.15 Å². The first-order chi connectivity index (χ1) is 10.7. The molecule has 1 heterocycles. The van der Waals surface area contributed by atoms with Gasteiger partial charge in [0.1, 0.15) is 12.2 Å². The summed E-state index contributed by atoms with van der Waals surface area (Å²) in [7, 11) is 0. The molecule has 3 rings (SSSR count). The molecule has 0 saturated carbocycles. The zero-order chi connectivity index (χ0) is 15.5. The molecule has 0 fully saturated rings. The maximum Gasteiger partial charge on any atom is 0.234 e. The molecule has 1 aromatic heterocycles. The minimum Gasteiger partial charge on any atom is -0.482 e. The number of para-hydroxylation sites is 1. The van der Waals surface area contributed by atoms with Crippen LogP contribution >= 0.6 is 22.6 Å². The van der Waals surface area contributed by atoms with Gasteiger partial charge in [0.15, 0.2) is 5.76 Å². The summed E-state index contributed by atoms with van der Waals surface area (Å²) in [5.74, 6) is 0.902. The summed E-state index contributed by atoms with van der Waals surface area (Å²) in [6, 6.07) is 15.4. The number of ether oxygens (including phenoxy) is 1. The predicted molar refractivity (Wildman–Crippen MR) is 95.7 cm³/mol. The number of benzene rings is 2. The topological polar surface area (TPSA) is 39.4 Å². The maximum atomic E-state index is 12.7. The van der Waals surface area contributed by atoms with Crippen molar-refractivity contribution >= 4 is 33.6 Å². The number of fused-ring (bicyclic) bond motifs is 1. The van der Waals surface area contributed by atoms with Crippen molar-refractivity contribution in [1.82, 2.24) is 0 Å². The summed E-state index contributed by atoms with van der Waals surface area (Å²) in [5.41, 5.74) is 2.51. The minimum absolute atomic E-state index is 0.104. The summed E-state index contributed by atoms with van der Waals surface area (Å²) >= 11 is 2.18. The third-order valence-electron chi connectivity index (χ3n) is 3.49. The van der Waals surface area contributed by atoms with Gasteiger partial charge in [0.2, 0.25) is 11.2 Å². The van der Waals surface area contributed by atoms with Gasteiger partial charge in [-0.3, -0.25) is 4.79 Å². The zero-order valence-corrected chi connectivity index (χ0v) is 14.3. The monoisotopic (exact) mass is 406 g/mol. The zero-order valence-electron chi connectivity index (χ0n) is 12.1. The second-order valence-corrected chi connectivity index (χ2v) is 5.81. The average molecular weight is 406 g/mol. The van der Waals surface area contributed by atoms with Crippen LogP contribution in [0.25, 0.3) is 11.0 Å². The van der Waals surface area contributed by atoms with Crippen LogP contribution in [0.15, 0.2) is 57.7 Å². The highest BCUT2D eigenvalue weighted by Gasteiger charge is 2.16. The number of halogens is 1. The van der Waals surface area contributed by atoms with Crippen LogP contribution in [-0.4, -0.2) is 0 Å². The molecule has 4 heteroatoms. The second kappa shape index (κ2) is 6.52. The molecule has 0 aliphatic carbocycles. The number of alkyl halides is 1. The van der Waals surface area contributed by atoms with Crippen LogP contribution in [0.2, 0.25) is 0 Å². The first-order valence-electron chi connectivity index (χ1n) is 6.98. The van der Waals surface area contributed by atoms with Crippen LogP contribution in [0.3, 0.4) is 0 Å². The fourth-order valence-corrected chi connectivity index (χ4v) is 2.85. The van der Waals surface area contributed by atoms with Crippen LogP contribution in [0.1, 0.15) is 16.9 Å². The summed E-state index contributed by atoms with van der Waals surface area (Å²) in [6.07, 6.45) is 0. The van der Waals surface area contributed by atoms with E-state index in [1.54, 1.807) is 6.07 Å². The molecule has 2 aromatic carbocycles. The van der Waals surface area contributed by atoms with Gasteiger partial charge >= 0.3 is 0 Å².